The maximum atomic E-state index is 12.7. The van der Waals surface area contributed by atoms with Crippen LogP contribution in [0.2, 0.25) is 0 Å². The molecule has 0 unspecified atom stereocenters. The summed E-state index contributed by atoms with van der Waals surface area (Å²) in [5.74, 6) is 0.703. The lowest BCUT2D eigenvalue weighted by atomic mass is 10.1. The van der Waals surface area contributed by atoms with Gasteiger partial charge in [0.2, 0.25) is 5.91 Å². The summed E-state index contributed by atoms with van der Waals surface area (Å²) in [6.45, 7) is 8.73. The molecule has 0 saturated carbocycles. The fourth-order valence-electron chi connectivity index (χ4n) is 3.92. The number of aromatic amines is 1. The molecule has 1 fully saturated rings. The molecule has 168 valence electrons. The van der Waals surface area contributed by atoms with Crippen LogP contribution in [0.5, 0.6) is 0 Å². The van der Waals surface area contributed by atoms with Crippen molar-refractivity contribution >= 4 is 29.5 Å². The second-order valence-electron chi connectivity index (χ2n) is 8.46. The van der Waals surface area contributed by atoms with Gasteiger partial charge in [0.15, 0.2) is 10.6 Å². The maximum absolute atomic E-state index is 12.7. The number of hydrogen-bond acceptors (Lipinski definition) is 5. The Morgan fingerprint density at radius 3 is 2.50 bits per heavy atom. The molecule has 0 aliphatic carbocycles. The Morgan fingerprint density at radius 1 is 1.09 bits per heavy atom. The van der Waals surface area contributed by atoms with Crippen LogP contribution in [0.1, 0.15) is 17.5 Å². The van der Waals surface area contributed by atoms with Gasteiger partial charge in [0, 0.05) is 56.1 Å². The van der Waals surface area contributed by atoms with Gasteiger partial charge < -0.3 is 15.1 Å². The van der Waals surface area contributed by atoms with E-state index in [4.69, 9.17) is 12.2 Å². The molecule has 0 radical (unpaired) electrons. The first-order valence-corrected chi connectivity index (χ1v) is 11.4. The number of piperazine rings is 1. The molecule has 0 bridgehead atoms. The van der Waals surface area contributed by atoms with E-state index < -0.39 is 0 Å². The third-order valence-electron chi connectivity index (χ3n) is 5.98. The third kappa shape index (κ3) is 5.08. The Balaban J connectivity index is 1.39. The fraction of sp³-hybridized carbons (Fsp3) is 0.375. The number of carbonyl (C=O) groups is 1. The standard InChI is InChI=1S/C24H30N6OS/c1-17-4-6-19(7-5-17)23-26-27-24(32)30(23)11-10-22(31)25-21-9-8-20(16-18(21)2)29-14-12-28(3)13-15-29/h4-9,16H,10-15H2,1-3H3,(H,25,31)(H,27,32). The second-order valence-corrected chi connectivity index (χ2v) is 8.84. The Labute approximate surface area is 194 Å². The zero-order valence-corrected chi connectivity index (χ0v) is 19.7. The van der Waals surface area contributed by atoms with Crippen LogP contribution >= 0.6 is 12.2 Å². The summed E-state index contributed by atoms with van der Waals surface area (Å²) >= 11 is 5.39. The summed E-state index contributed by atoms with van der Waals surface area (Å²) < 4.78 is 2.39. The molecule has 2 N–H and O–H groups in total. The van der Waals surface area contributed by atoms with E-state index in [2.05, 4.69) is 44.5 Å². The van der Waals surface area contributed by atoms with E-state index >= 15 is 0 Å². The quantitative estimate of drug-likeness (QED) is 0.556. The van der Waals surface area contributed by atoms with Crippen molar-refractivity contribution in [2.75, 3.05) is 43.4 Å². The predicted octanol–water partition coefficient (Wildman–Crippen LogP) is 4.01. The van der Waals surface area contributed by atoms with E-state index in [-0.39, 0.29) is 5.91 Å². The smallest absolute Gasteiger partial charge is 0.226 e. The number of benzene rings is 2. The van der Waals surface area contributed by atoms with Crippen LogP contribution in [0.4, 0.5) is 11.4 Å². The summed E-state index contributed by atoms with van der Waals surface area (Å²) in [4.78, 5) is 17.4. The van der Waals surface area contributed by atoms with Gasteiger partial charge in [0.05, 0.1) is 0 Å². The molecular formula is C24H30N6OS. The highest BCUT2D eigenvalue weighted by Gasteiger charge is 2.16. The zero-order valence-electron chi connectivity index (χ0n) is 18.9. The van der Waals surface area contributed by atoms with Gasteiger partial charge in [-0.2, -0.15) is 5.10 Å². The zero-order chi connectivity index (χ0) is 22.7. The van der Waals surface area contributed by atoms with Gasteiger partial charge in [0.1, 0.15) is 0 Å². The van der Waals surface area contributed by atoms with Crippen molar-refractivity contribution in [3.63, 3.8) is 0 Å². The van der Waals surface area contributed by atoms with Gasteiger partial charge in [-0.15, -0.1) is 0 Å². The van der Waals surface area contributed by atoms with Crippen molar-refractivity contribution in [3.8, 4) is 11.4 Å². The highest BCUT2D eigenvalue weighted by atomic mass is 32.1. The van der Waals surface area contributed by atoms with E-state index in [1.165, 1.54) is 11.3 Å². The van der Waals surface area contributed by atoms with E-state index in [9.17, 15) is 4.79 Å². The third-order valence-corrected chi connectivity index (χ3v) is 6.29. The Bertz CT molecular complexity index is 1140. The Hall–Kier alpha value is -2.97. The summed E-state index contributed by atoms with van der Waals surface area (Å²) in [6.07, 6.45) is 0.312. The van der Waals surface area contributed by atoms with E-state index in [0.717, 1.165) is 48.8 Å². The molecule has 8 heteroatoms. The molecule has 7 nitrogen and oxygen atoms in total. The first kappa shape index (κ1) is 22.2. The number of rotatable bonds is 6. The highest BCUT2D eigenvalue weighted by Crippen LogP contribution is 2.24. The van der Waals surface area contributed by atoms with Gasteiger partial charge >= 0.3 is 0 Å². The topological polar surface area (TPSA) is 69.2 Å². The number of aromatic nitrogens is 3. The molecule has 2 aromatic carbocycles. The number of H-pyrrole nitrogens is 1. The van der Waals surface area contributed by atoms with Crippen LogP contribution < -0.4 is 10.2 Å². The van der Waals surface area contributed by atoms with Crippen LogP contribution in [-0.4, -0.2) is 58.8 Å². The number of anilines is 2. The molecule has 0 spiro atoms. The molecule has 1 aliphatic heterocycles. The lowest BCUT2D eigenvalue weighted by Gasteiger charge is -2.34. The average Bonchev–Trinajstić information content (AvgIpc) is 3.15. The minimum Gasteiger partial charge on any atom is -0.369 e. The monoisotopic (exact) mass is 450 g/mol. The number of aryl methyl sites for hydroxylation is 2. The maximum Gasteiger partial charge on any atom is 0.226 e. The normalized spacial score (nSPS) is 14.5. The number of hydrogen-bond donors (Lipinski definition) is 2. The number of nitrogens with one attached hydrogen (secondary N) is 2. The second kappa shape index (κ2) is 9.67. The van der Waals surface area contributed by atoms with E-state index in [0.29, 0.717) is 17.7 Å². The van der Waals surface area contributed by atoms with Crippen LogP contribution in [0.3, 0.4) is 0 Å². The largest absolute Gasteiger partial charge is 0.369 e. The first-order valence-electron chi connectivity index (χ1n) is 11.0. The van der Waals surface area contributed by atoms with Gasteiger partial charge in [0.25, 0.3) is 0 Å². The molecule has 1 aromatic heterocycles. The van der Waals surface area contributed by atoms with Crippen molar-refractivity contribution in [1.82, 2.24) is 19.7 Å². The van der Waals surface area contributed by atoms with Crippen molar-refractivity contribution < 1.29 is 4.79 Å². The van der Waals surface area contributed by atoms with Crippen molar-refractivity contribution in [3.05, 3.63) is 58.4 Å². The number of nitrogens with zero attached hydrogens (tertiary/aromatic N) is 4. The number of amides is 1. The molecule has 2 heterocycles. The lowest BCUT2D eigenvalue weighted by Crippen LogP contribution is -2.44. The summed E-state index contributed by atoms with van der Waals surface area (Å²) in [5.41, 5.74) is 5.28. The van der Waals surface area contributed by atoms with E-state index in [1.807, 2.05) is 48.7 Å². The Kier molecular flexibility index (Phi) is 6.72. The molecule has 0 atom stereocenters. The highest BCUT2D eigenvalue weighted by molar-refractivity contribution is 7.71. The predicted molar refractivity (Wildman–Crippen MR) is 132 cm³/mol. The molecule has 4 rings (SSSR count). The average molecular weight is 451 g/mol. The molecule has 32 heavy (non-hydrogen) atoms. The van der Waals surface area contributed by atoms with Crippen LogP contribution in [0.25, 0.3) is 11.4 Å². The minimum atomic E-state index is -0.0431. The van der Waals surface area contributed by atoms with Gasteiger partial charge in [-0.25, -0.2) is 0 Å². The van der Waals surface area contributed by atoms with Crippen LogP contribution in [0.15, 0.2) is 42.5 Å². The molecule has 1 saturated heterocycles. The molecule has 3 aromatic rings. The summed E-state index contributed by atoms with van der Waals surface area (Å²) in [5, 5.41) is 10.3. The van der Waals surface area contributed by atoms with Gasteiger partial charge in [-0.05, 0) is 56.9 Å². The summed E-state index contributed by atoms with van der Waals surface area (Å²) in [6, 6.07) is 14.4. The Morgan fingerprint density at radius 2 is 1.81 bits per heavy atom. The minimum absolute atomic E-state index is 0.0431. The summed E-state index contributed by atoms with van der Waals surface area (Å²) in [7, 11) is 2.15. The van der Waals surface area contributed by atoms with Crippen molar-refractivity contribution in [2.45, 2.75) is 26.8 Å². The van der Waals surface area contributed by atoms with Gasteiger partial charge in [-0.1, -0.05) is 29.8 Å². The molecule has 1 amide bonds. The number of carbonyl (C=O) groups excluding carboxylic acids is 1. The van der Waals surface area contributed by atoms with Crippen LogP contribution in [0, 0.1) is 18.6 Å². The molecular weight excluding hydrogens is 420 g/mol. The first-order chi connectivity index (χ1) is 15.4. The SMILES string of the molecule is Cc1ccc(-c2n[nH]c(=S)n2CCC(=O)Nc2ccc(N3CCN(C)CC3)cc2C)cc1. The lowest BCUT2D eigenvalue weighted by molar-refractivity contribution is -0.116. The van der Waals surface area contributed by atoms with Gasteiger partial charge in [-0.3, -0.25) is 14.5 Å². The van der Waals surface area contributed by atoms with Crippen LogP contribution in [-0.2, 0) is 11.3 Å². The molecule has 1 aliphatic rings. The van der Waals surface area contributed by atoms with Crippen molar-refractivity contribution in [2.24, 2.45) is 0 Å². The fourth-order valence-corrected chi connectivity index (χ4v) is 4.15. The van der Waals surface area contributed by atoms with E-state index in [1.54, 1.807) is 0 Å². The van der Waals surface area contributed by atoms with Crippen molar-refractivity contribution in [1.29, 1.82) is 0 Å². The number of likely N-dealkylation sites (N-methyl/N-ethyl adjacent to an activating group) is 1.